The van der Waals surface area contributed by atoms with Gasteiger partial charge < -0.3 is 15.7 Å². The summed E-state index contributed by atoms with van der Waals surface area (Å²) in [6.45, 7) is 4.89. The van der Waals surface area contributed by atoms with Gasteiger partial charge in [0.2, 0.25) is 11.8 Å². The van der Waals surface area contributed by atoms with Gasteiger partial charge in [-0.2, -0.15) is 0 Å². The topological polar surface area (TPSA) is 95.5 Å². The number of rotatable bonds is 6. The zero-order valence-corrected chi connectivity index (χ0v) is 9.79. The molecule has 0 heterocycles. The van der Waals surface area contributed by atoms with Gasteiger partial charge in [-0.1, -0.05) is 0 Å². The molecule has 0 aromatic heterocycles. The van der Waals surface area contributed by atoms with Crippen molar-refractivity contribution in [2.45, 2.75) is 39.2 Å². The summed E-state index contributed by atoms with van der Waals surface area (Å²) in [7, 11) is 0. The summed E-state index contributed by atoms with van der Waals surface area (Å²) in [5, 5.41) is 13.7. The SMILES string of the molecule is CC(=O)NCCC(=O)NC(C)(C)CC(=O)O. The fourth-order valence-electron chi connectivity index (χ4n) is 1.21. The van der Waals surface area contributed by atoms with Crippen LogP contribution in [0.15, 0.2) is 0 Å². The van der Waals surface area contributed by atoms with Gasteiger partial charge in [0, 0.05) is 25.4 Å². The van der Waals surface area contributed by atoms with Crippen LogP contribution in [0.1, 0.15) is 33.6 Å². The van der Waals surface area contributed by atoms with Gasteiger partial charge in [0.15, 0.2) is 0 Å². The first kappa shape index (κ1) is 14.4. The Morgan fingerprint density at radius 3 is 2.25 bits per heavy atom. The largest absolute Gasteiger partial charge is 0.481 e. The van der Waals surface area contributed by atoms with Crippen LogP contribution in [0.4, 0.5) is 0 Å². The Kier molecular flexibility index (Phi) is 5.49. The first-order chi connectivity index (χ1) is 7.23. The van der Waals surface area contributed by atoms with Crippen molar-refractivity contribution >= 4 is 17.8 Å². The zero-order valence-electron chi connectivity index (χ0n) is 9.79. The number of amides is 2. The number of hydrogen-bond acceptors (Lipinski definition) is 3. The maximum absolute atomic E-state index is 11.4. The van der Waals surface area contributed by atoms with Gasteiger partial charge in [-0.15, -0.1) is 0 Å². The van der Waals surface area contributed by atoms with Gasteiger partial charge in [0.05, 0.1) is 6.42 Å². The Morgan fingerprint density at radius 1 is 1.25 bits per heavy atom. The highest BCUT2D eigenvalue weighted by Crippen LogP contribution is 2.07. The molecule has 0 aromatic rings. The highest BCUT2D eigenvalue weighted by atomic mass is 16.4. The fourth-order valence-corrected chi connectivity index (χ4v) is 1.21. The van der Waals surface area contributed by atoms with Crippen molar-refractivity contribution in [3.05, 3.63) is 0 Å². The van der Waals surface area contributed by atoms with Crippen LogP contribution in [0.5, 0.6) is 0 Å². The highest BCUT2D eigenvalue weighted by molar-refractivity contribution is 5.79. The average Bonchev–Trinajstić information content (AvgIpc) is 1.98. The Bertz CT molecular complexity index is 287. The molecule has 0 unspecified atom stereocenters. The molecule has 0 spiro atoms. The summed E-state index contributed by atoms with van der Waals surface area (Å²) < 4.78 is 0. The molecular formula is C10H18N2O4. The zero-order chi connectivity index (χ0) is 12.8. The normalized spacial score (nSPS) is 10.7. The molecule has 3 N–H and O–H groups in total. The second kappa shape index (κ2) is 6.09. The lowest BCUT2D eigenvalue weighted by Crippen LogP contribution is -2.45. The molecule has 0 atom stereocenters. The summed E-state index contributed by atoms with van der Waals surface area (Å²) in [5.41, 5.74) is -0.779. The van der Waals surface area contributed by atoms with Crippen molar-refractivity contribution in [1.82, 2.24) is 10.6 Å². The van der Waals surface area contributed by atoms with Gasteiger partial charge in [-0.05, 0) is 13.8 Å². The molecule has 0 saturated heterocycles. The number of hydrogen-bond donors (Lipinski definition) is 3. The van der Waals surface area contributed by atoms with Crippen molar-refractivity contribution in [2.24, 2.45) is 0 Å². The first-order valence-corrected chi connectivity index (χ1v) is 5.00. The van der Waals surface area contributed by atoms with Crippen LogP contribution in [0.2, 0.25) is 0 Å². The molecule has 0 aliphatic heterocycles. The van der Waals surface area contributed by atoms with E-state index in [0.717, 1.165) is 0 Å². The molecule has 6 nitrogen and oxygen atoms in total. The van der Waals surface area contributed by atoms with Crippen LogP contribution >= 0.6 is 0 Å². The Hall–Kier alpha value is -1.59. The van der Waals surface area contributed by atoms with Crippen molar-refractivity contribution in [3.8, 4) is 0 Å². The standard InChI is InChI=1S/C10H18N2O4/c1-7(13)11-5-4-8(14)12-10(2,3)6-9(15)16/h4-6H2,1-3H3,(H,11,13)(H,12,14)(H,15,16). The maximum atomic E-state index is 11.4. The number of carbonyl (C=O) groups excluding carboxylic acids is 2. The smallest absolute Gasteiger partial charge is 0.305 e. The predicted octanol–water partition coefficient (Wildman–Crippen LogP) is -0.118. The van der Waals surface area contributed by atoms with E-state index in [9.17, 15) is 14.4 Å². The lowest BCUT2D eigenvalue weighted by Gasteiger charge is -2.24. The third-order valence-corrected chi connectivity index (χ3v) is 1.80. The Balaban J connectivity index is 3.94. The average molecular weight is 230 g/mol. The van der Waals surface area contributed by atoms with E-state index in [1.54, 1.807) is 13.8 Å². The predicted molar refractivity (Wildman–Crippen MR) is 57.8 cm³/mol. The molecule has 0 radical (unpaired) electrons. The molecule has 0 fully saturated rings. The van der Waals surface area contributed by atoms with Crippen LogP contribution in [-0.4, -0.2) is 35.0 Å². The van der Waals surface area contributed by atoms with Crippen LogP contribution < -0.4 is 10.6 Å². The summed E-state index contributed by atoms with van der Waals surface area (Å²) in [6.07, 6.45) is 0.00149. The molecule has 0 bridgehead atoms. The van der Waals surface area contributed by atoms with Crippen LogP contribution in [0.25, 0.3) is 0 Å². The van der Waals surface area contributed by atoms with Crippen LogP contribution in [-0.2, 0) is 14.4 Å². The molecule has 0 aliphatic rings. The van der Waals surface area contributed by atoms with E-state index in [-0.39, 0.29) is 31.2 Å². The number of carbonyl (C=O) groups is 3. The van der Waals surface area contributed by atoms with Gasteiger partial charge in [-0.3, -0.25) is 14.4 Å². The molecule has 92 valence electrons. The fraction of sp³-hybridized carbons (Fsp3) is 0.700. The van der Waals surface area contributed by atoms with Gasteiger partial charge in [0.1, 0.15) is 0 Å². The molecule has 2 amide bonds. The second-order valence-electron chi connectivity index (χ2n) is 4.24. The summed E-state index contributed by atoms with van der Waals surface area (Å²) in [6, 6.07) is 0. The monoisotopic (exact) mass is 230 g/mol. The van der Waals surface area contributed by atoms with Gasteiger partial charge >= 0.3 is 5.97 Å². The Morgan fingerprint density at radius 2 is 1.81 bits per heavy atom. The quantitative estimate of drug-likeness (QED) is 0.593. The number of aliphatic carboxylic acids is 1. The third kappa shape index (κ3) is 7.78. The highest BCUT2D eigenvalue weighted by Gasteiger charge is 2.23. The maximum Gasteiger partial charge on any atom is 0.305 e. The molecule has 6 heteroatoms. The van der Waals surface area contributed by atoms with E-state index in [2.05, 4.69) is 10.6 Å². The second-order valence-corrected chi connectivity index (χ2v) is 4.24. The molecule has 0 aromatic carbocycles. The van der Waals surface area contributed by atoms with E-state index in [0.29, 0.717) is 0 Å². The van der Waals surface area contributed by atoms with E-state index in [4.69, 9.17) is 5.11 Å². The molecule has 0 saturated carbocycles. The number of carboxylic acid groups (broad SMARTS) is 1. The lowest BCUT2D eigenvalue weighted by molar-refractivity contribution is -0.138. The van der Waals surface area contributed by atoms with E-state index in [1.165, 1.54) is 6.92 Å². The van der Waals surface area contributed by atoms with Gasteiger partial charge in [0.25, 0.3) is 0 Å². The number of nitrogens with one attached hydrogen (secondary N) is 2. The lowest BCUT2D eigenvalue weighted by atomic mass is 10.0. The van der Waals surface area contributed by atoms with E-state index in [1.807, 2.05) is 0 Å². The first-order valence-electron chi connectivity index (χ1n) is 5.00. The molecule has 0 aliphatic carbocycles. The van der Waals surface area contributed by atoms with E-state index < -0.39 is 11.5 Å². The van der Waals surface area contributed by atoms with Crippen molar-refractivity contribution in [1.29, 1.82) is 0 Å². The van der Waals surface area contributed by atoms with Crippen molar-refractivity contribution in [2.75, 3.05) is 6.54 Å². The van der Waals surface area contributed by atoms with Crippen LogP contribution in [0.3, 0.4) is 0 Å². The minimum absolute atomic E-state index is 0.140. The number of carboxylic acids is 1. The van der Waals surface area contributed by atoms with Gasteiger partial charge in [-0.25, -0.2) is 0 Å². The molecule has 16 heavy (non-hydrogen) atoms. The summed E-state index contributed by atoms with van der Waals surface area (Å²) in [5.74, 6) is -1.44. The van der Waals surface area contributed by atoms with Crippen molar-refractivity contribution in [3.63, 3.8) is 0 Å². The van der Waals surface area contributed by atoms with E-state index >= 15 is 0 Å². The minimum atomic E-state index is -0.966. The summed E-state index contributed by atoms with van der Waals surface area (Å²) >= 11 is 0. The van der Waals surface area contributed by atoms with Crippen molar-refractivity contribution < 1.29 is 19.5 Å². The Labute approximate surface area is 94.4 Å². The molecular weight excluding hydrogens is 212 g/mol. The summed E-state index contributed by atoms with van der Waals surface area (Å²) in [4.78, 5) is 32.4. The third-order valence-electron chi connectivity index (χ3n) is 1.80. The minimum Gasteiger partial charge on any atom is -0.481 e. The van der Waals surface area contributed by atoms with Crippen LogP contribution in [0, 0.1) is 0 Å². The molecule has 0 rings (SSSR count).